The molecule has 1 aromatic heterocycles. The lowest BCUT2D eigenvalue weighted by molar-refractivity contribution is 0.102. The second kappa shape index (κ2) is 7.64. The standard InChI is InChI=1S/C18H17FN4O3/c1-25-14-7-8-15(16(9-14)26-2)17(24)21-18-20-11-23(22-18)10-12-3-5-13(19)6-4-12/h3-9,11H,10H2,1-2H3,(H,21,22,24). The number of hydrogen-bond acceptors (Lipinski definition) is 5. The first-order chi connectivity index (χ1) is 12.6. The number of aromatic nitrogens is 3. The van der Waals surface area contributed by atoms with Crippen molar-refractivity contribution in [1.29, 1.82) is 0 Å². The lowest BCUT2D eigenvalue weighted by Crippen LogP contribution is -2.14. The molecule has 7 nitrogen and oxygen atoms in total. The molecule has 8 heteroatoms. The van der Waals surface area contributed by atoms with E-state index >= 15 is 0 Å². The van der Waals surface area contributed by atoms with E-state index in [1.54, 1.807) is 35.0 Å². The highest BCUT2D eigenvalue weighted by atomic mass is 19.1. The van der Waals surface area contributed by atoms with E-state index < -0.39 is 5.91 Å². The molecule has 0 atom stereocenters. The van der Waals surface area contributed by atoms with Crippen LogP contribution in [0.1, 0.15) is 15.9 Å². The van der Waals surface area contributed by atoms with Gasteiger partial charge in [-0.25, -0.2) is 14.1 Å². The lowest BCUT2D eigenvalue weighted by atomic mass is 10.2. The smallest absolute Gasteiger partial charge is 0.261 e. The molecule has 0 saturated carbocycles. The van der Waals surface area contributed by atoms with Gasteiger partial charge in [0.05, 0.1) is 26.3 Å². The van der Waals surface area contributed by atoms with Gasteiger partial charge < -0.3 is 9.47 Å². The van der Waals surface area contributed by atoms with Gasteiger partial charge in [-0.1, -0.05) is 12.1 Å². The topological polar surface area (TPSA) is 78.3 Å². The Morgan fingerprint density at radius 3 is 2.62 bits per heavy atom. The second-order valence-corrected chi connectivity index (χ2v) is 5.41. The molecule has 0 radical (unpaired) electrons. The highest BCUT2D eigenvalue weighted by Gasteiger charge is 2.15. The number of halogens is 1. The summed E-state index contributed by atoms with van der Waals surface area (Å²) in [4.78, 5) is 16.5. The van der Waals surface area contributed by atoms with E-state index in [1.807, 2.05) is 0 Å². The van der Waals surface area contributed by atoms with Crippen molar-refractivity contribution in [3.05, 3.63) is 65.7 Å². The quantitative estimate of drug-likeness (QED) is 0.735. The number of ether oxygens (including phenoxy) is 2. The first-order valence-corrected chi connectivity index (χ1v) is 7.76. The molecule has 0 saturated heterocycles. The number of carbonyl (C=O) groups is 1. The van der Waals surface area contributed by atoms with Crippen LogP contribution in [0, 0.1) is 5.82 Å². The molecule has 3 rings (SSSR count). The Morgan fingerprint density at radius 1 is 1.15 bits per heavy atom. The maximum absolute atomic E-state index is 12.9. The monoisotopic (exact) mass is 356 g/mol. The minimum Gasteiger partial charge on any atom is -0.497 e. The van der Waals surface area contributed by atoms with Gasteiger partial charge in [0.2, 0.25) is 5.95 Å². The van der Waals surface area contributed by atoms with Crippen LogP contribution in [0.25, 0.3) is 0 Å². The molecule has 2 aromatic carbocycles. The summed E-state index contributed by atoms with van der Waals surface area (Å²) in [6.45, 7) is 0.412. The van der Waals surface area contributed by atoms with Crippen LogP contribution < -0.4 is 14.8 Å². The largest absolute Gasteiger partial charge is 0.497 e. The predicted molar refractivity (Wildman–Crippen MR) is 93.0 cm³/mol. The molecule has 134 valence electrons. The van der Waals surface area contributed by atoms with Crippen LogP contribution in [0.15, 0.2) is 48.8 Å². The maximum atomic E-state index is 12.9. The fraction of sp³-hybridized carbons (Fsp3) is 0.167. The van der Waals surface area contributed by atoms with E-state index in [9.17, 15) is 9.18 Å². The van der Waals surface area contributed by atoms with E-state index in [4.69, 9.17) is 9.47 Å². The molecular formula is C18H17FN4O3. The van der Waals surface area contributed by atoms with E-state index in [2.05, 4.69) is 15.4 Å². The second-order valence-electron chi connectivity index (χ2n) is 5.41. The Morgan fingerprint density at radius 2 is 1.92 bits per heavy atom. The molecule has 1 heterocycles. The number of hydrogen-bond donors (Lipinski definition) is 1. The van der Waals surface area contributed by atoms with Gasteiger partial charge in [0, 0.05) is 6.07 Å². The Labute approximate surface area is 149 Å². The molecule has 1 N–H and O–H groups in total. The van der Waals surface area contributed by atoms with E-state index in [1.165, 1.54) is 32.7 Å². The van der Waals surface area contributed by atoms with Crippen molar-refractivity contribution >= 4 is 11.9 Å². The third-order valence-electron chi connectivity index (χ3n) is 3.67. The van der Waals surface area contributed by atoms with Gasteiger partial charge in [-0.05, 0) is 29.8 Å². The molecule has 26 heavy (non-hydrogen) atoms. The summed E-state index contributed by atoms with van der Waals surface area (Å²) in [6, 6.07) is 11.0. The lowest BCUT2D eigenvalue weighted by Gasteiger charge is -2.09. The summed E-state index contributed by atoms with van der Waals surface area (Å²) in [6.07, 6.45) is 1.49. The third-order valence-corrected chi connectivity index (χ3v) is 3.67. The average molecular weight is 356 g/mol. The minimum absolute atomic E-state index is 0.162. The molecule has 0 bridgehead atoms. The van der Waals surface area contributed by atoms with Crippen LogP contribution in [-0.2, 0) is 6.54 Å². The summed E-state index contributed by atoms with van der Waals surface area (Å²) in [7, 11) is 3.01. The number of rotatable bonds is 6. The maximum Gasteiger partial charge on any atom is 0.261 e. The summed E-state index contributed by atoms with van der Waals surface area (Å²) in [5, 5.41) is 6.82. The number of amides is 1. The van der Waals surface area contributed by atoms with Crippen LogP contribution in [-0.4, -0.2) is 34.9 Å². The SMILES string of the molecule is COc1ccc(C(=O)Nc2ncn(Cc3ccc(F)cc3)n2)c(OC)c1. The van der Waals surface area contributed by atoms with Crippen molar-refractivity contribution in [3.8, 4) is 11.5 Å². The Balaban J connectivity index is 1.70. The van der Waals surface area contributed by atoms with Crippen LogP contribution in [0.2, 0.25) is 0 Å². The number of benzene rings is 2. The number of methoxy groups -OCH3 is 2. The van der Waals surface area contributed by atoms with Gasteiger partial charge in [0.15, 0.2) is 0 Å². The summed E-state index contributed by atoms with van der Waals surface area (Å²) in [5.41, 5.74) is 1.20. The van der Waals surface area contributed by atoms with Crippen molar-refractivity contribution < 1.29 is 18.7 Å². The van der Waals surface area contributed by atoms with Crippen molar-refractivity contribution in [2.45, 2.75) is 6.54 Å². The third kappa shape index (κ3) is 3.97. The highest BCUT2D eigenvalue weighted by molar-refractivity contribution is 6.05. The summed E-state index contributed by atoms with van der Waals surface area (Å²) >= 11 is 0. The zero-order chi connectivity index (χ0) is 18.5. The first-order valence-electron chi connectivity index (χ1n) is 7.76. The fourth-order valence-electron chi connectivity index (χ4n) is 2.36. The Bertz CT molecular complexity index is 909. The van der Waals surface area contributed by atoms with Crippen molar-refractivity contribution in [2.24, 2.45) is 0 Å². The van der Waals surface area contributed by atoms with Gasteiger partial charge >= 0.3 is 0 Å². The van der Waals surface area contributed by atoms with E-state index in [-0.39, 0.29) is 11.8 Å². The molecule has 0 aliphatic rings. The zero-order valence-electron chi connectivity index (χ0n) is 14.3. The van der Waals surface area contributed by atoms with Gasteiger partial charge in [-0.3, -0.25) is 10.1 Å². The highest BCUT2D eigenvalue weighted by Crippen LogP contribution is 2.25. The normalized spacial score (nSPS) is 10.4. The van der Waals surface area contributed by atoms with E-state index in [0.717, 1.165) is 5.56 Å². The zero-order valence-corrected chi connectivity index (χ0v) is 14.3. The fourth-order valence-corrected chi connectivity index (χ4v) is 2.36. The van der Waals surface area contributed by atoms with Crippen LogP contribution >= 0.6 is 0 Å². The molecule has 3 aromatic rings. The molecule has 1 amide bonds. The van der Waals surface area contributed by atoms with Gasteiger partial charge in [-0.15, -0.1) is 5.10 Å². The van der Waals surface area contributed by atoms with Crippen LogP contribution in [0.5, 0.6) is 11.5 Å². The van der Waals surface area contributed by atoms with Gasteiger partial charge in [0.25, 0.3) is 5.91 Å². The number of nitrogens with zero attached hydrogens (tertiary/aromatic N) is 3. The van der Waals surface area contributed by atoms with Gasteiger partial charge in [0.1, 0.15) is 23.6 Å². The molecule has 0 spiro atoms. The van der Waals surface area contributed by atoms with Crippen LogP contribution in [0.3, 0.4) is 0 Å². The average Bonchev–Trinajstić information content (AvgIpc) is 3.09. The first kappa shape index (κ1) is 17.4. The van der Waals surface area contributed by atoms with Crippen LogP contribution in [0.4, 0.5) is 10.3 Å². The predicted octanol–water partition coefficient (Wildman–Crippen LogP) is 2.74. The Kier molecular flexibility index (Phi) is 5.12. The Hall–Kier alpha value is -3.42. The molecule has 0 unspecified atom stereocenters. The van der Waals surface area contributed by atoms with Gasteiger partial charge in [-0.2, -0.15) is 0 Å². The molecule has 0 fully saturated rings. The van der Waals surface area contributed by atoms with E-state index in [0.29, 0.717) is 23.6 Å². The number of anilines is 1. The van der Waals surface area contributed by atoms with Crippen molar-refractivity contribution in [2.75, 3.05) is 19.5 Å². The molecule has 0 aliphatic carbocycles. The minimum atomic E-state index is -0.399. The number of carbonyl (C=O) groups excluding carboxylic acids is 1. The number of nitrogens with one attached hydrogen (secondary N) is 1. The van der Waals surface area contributed by atoms with Crippen molar-refractivity contribution in [1.82, 2.24) is 14.8 Å². The molecular weight excluding hydrogens is 339 g/mol. The van der Waals surface area contributed by atoms with Crippen molar-refractivity contribution in [3.63, 3.8) is 0 Å². The molecule has 0 aliphatic heterocycles. The summed E-state index contributed by atoms with van der Waals surface area (Å²) in [5.74, 6) is 0.431. The summed E-state index contributed by atoms with van der Waals surface area (Å²) < 4.78 is 24.8.